The zero-order valence-corrected chi connectivity index (χ0v) is 18.0. The highest BCUT2D eigenvalue weighted by atomic mass is 16.6. The zero-order chi connectivity index (χ0) is 22.5. The molecule has 2 aromatic carbocycles. The van der Waals surface area contributed by atoms with Gasteiger partial charge in [0.2, 0.25) is 0 Å². The van der Waals surface area contributed by atoms with Crippen molar-refractivity contribution in [1.82, 2.24) is 20.1 Å². The maximum absolute atomic E-state index is 13.0. The number of rotatable bonds is 7. The minimum absolute atomic E-state index is 0.161. The lowest BCUT2D eigenvalue weighted by atomic mass is 10.1. The molecule has 1 atom stereocenters. The molecule has 1 aromatic heterocycles. The van der Waals surface area contributed by atoms with Gasteiger partial charge in [-0.3, -0.25) is 14.9 Å². The highest BCUT2D eigenvalue weighted by Crippen LogP contribution is 2.29. The van der Waals surface area contributed by atoms with E-state index < -0.39 is 4.92 Å². The first-order valence-corrected chi connectivity index (χ1v) is 10.9. The summed E-state index contributed by atoms with van der Waals surface area (Å²) in [5, 5.41) is 26.3. The summed E-state index contributed by atoms with van der Waals surface area (Å²) in [6, 6.07) is 13.3. The smallest absolute Gasteiger partial charge is 0.293 e. The van der Waals surface area contributed by atoms with Crippen LogP contribution in [-0.2, 0) is 13.0 Å². The van der Waals surface area contributed by atoms with Gasteiger partial charge < -0.3 is 15.2 Å². The van der Waals surface area contributed by atoms with Crippen LogP contribution in [0.25, 0.3) is 0 Å². The van der Waals surface area contributed by atoms with Gasteiger partial charge in [-0.2, -0.15) is 0 Å². The molecule has 0 unspecified atom stereocenters. The lowest BCUT2D eigenvalue weighted by Gasteiger charge is -2.18. The average Bonchev–Trinajstić information content (AvgIpc) is 3.05. The van der Waals surface area contributed by atoms with Crippen LogP contribution in [0.15, 0.2) is 48.5 Å². The molecular formula is C23H26N6O3. The minimum Gasteiger partial charge on any atom is -0.350 e. The molecule has 1 amide bonds. The summed E-state index contributed by atoms with van der Waals surface area (Å²) in [6.45, 7) is 2.81. The van der Waals surface area contributed by atoms with Crippen molar-refractivity contribution < 1.29 is 9.72 Å². The number of nitrogens with one attached hydrogen (secondary N) is 2. The van der Waals surface area contributed by atoms with Gasteiger partial charge in [-0.1, -0.05) is 31.5 Å². The number of nitrogens with zero attached hydrogens (tertiary/aromatic N) is 4. The molecule has 2 N–H and O–H groups in total. The largest absolute Gasteiger partial charge is 0.350 e. The summed E-state index contributed by atoms with van der Waals surface area (Å²) < 4.78 is 2.11. The van der Waals surface area contributed by atoms with Crippen molar-refractivity contribution >= 4 is 23.0 Å². The van der Waals surface area contributed by atoms with Crippen LogP contribution in [0.4, 0.5) is 17.1 Å². The van der Waals surface area contributed by atoms with Gasteiger partial charge in [0.05, 0.1) is 11.0 Å². The summed E-state index contributed by atoms with van der Waals surface area (Å²) in [5.74, 6) is 1.32. The predicted octanol–water partition coefficient (Wildman–Crippen LogP) is 4.54. The van der Waals surface area contributed by atoms with Crippen molar-refractivity contribution in [2.24, 2.45) is 0 Å². The zero-order valence-electron chi connectivity index (χ0n) is 18.0. The van der Waals surface area contributed by atoms with E-state index in [1.54, 1.807) is 12.1 Å². The lowest BCUT2D eigenvalue weighted by Crippen LogP contribution is -2.30. The molecule has 9 heteroatoms. The van der Waals surface area contributed by atoms with E-state index in [4.69, 9.17) is 0 Å². The monoisotopic (exact) mass is 434 g/mol. The Morgan fingerprint density at radius 2 is 1.97 bits per heavy atom. The molecule has 166 valence electrons. The van der Waals surface area contributed by atoms with Crippen LogP contribution in [0.2, 0.25) is 0 Å². The number of para-hydroxylation sites is 1. The quantitative estimate of drug-likeness (QED) is 0.417. The van der Waals surface area contributed by atoms with Crippen LogP contribution >= 0.6 is 0 Å². The fourth-order valence-electron chi connectivity index (χ4n) is 3.96. The Labute approximate surface area is 186 Å². The summed E-state index contributed by atoms with van der Waals surface area (Å²) in [5.41, 5.74) is 1.12. The number of aryl methyl sites for hydroxylation is 1. The Morgan fingerprint density at radius 1 is 1.16 bits per heavy atom. The highest BCUT2D eigenvalue weighted by Gasteiger charge is 2.24. The minimum atomic E-state index is -0.488. The number of carbonyl (C=O) groups is 1. The molecule has 0 spiro atoms. The first kappa shape index (κ1) is 21.5. The Balaban J connectivity index is 1.55. The molecule has 4 rings (SSSR count). The van der Waals surface area contributed by atoms with Crippen molar-refractivity contribution in [3.05, 3.63) is 75.9 Å². The van der Waals surface area contributed by atoms with Gasteiger partial charge in [-0.25, -0.2) is 0 Å². The summed E-state index contributed by atoms with van der Waals surface area (Å²) >= 11 is 0. The van der Waals surface area contributed by atoms with E-state index in [1.807, 2.05) is 37.3 Å². The number of nitro groups is 1. The Hall–Kier alpha value is -3.75. The van der Waals surface area contributed by atoms with Crippen molar-refractivity contribution in [3.63, 3.8) is 0 Å². The molecule has 0 fully saturated rings. The van der Waals surface area contributed by atoms with Crippen LogP contribution in [0.5, 0.6) is 0 Å². The van der Waals surface area contributed by atoms with Crippen LogP contribution < -0.4 is 10.6 Å². The van der Waals surface area contributed by atoms with Crippen molar-refractivity contribution in [2.45, 2.75) is 51.6 Å². The van der Waals surface area contributed by atoms with Crippen molar-refractivity contribution in [2.75, 3.05) is 5.32 Å². The van der Waals surface area contributed by atoms with Gasteiger partial charge >= 0.3 is 0 Å². The molecule has 9 nitrogen and oxygen atoms in total. The van der Waals surface area contributed by atoms with E-state index in [2.05, 4.69) is 25.4 Å². The van der Waals surface area contributed by atoms with Crippen LogP contribution in [-0.4, -0.2) is 25.6 Å². The van der Waals surface area contributed by atoms with Crippen LogP contribution in [0, 0.1) is 10.1 Å². The van der Waals surface area contributed by atoms with E-state index in [1.165, 1.54) is 6.07 Å². The van der Waals surface area contributed by atoms with E-state index in [0.717, 1.165) is 49.6 Å². The van der Waals surface area contributed by atoms with Crippen LogP contribution in [0.1, 0.15) is 60.7 Å². The van der Waals surface area contributed by atoms with Gasteiger partial charge in [0.1, 0.15) is 11.5 Å². The molecule has 0 aliphatic carbocycles. The Bertz CT molecular complexity index is 1110. The maximum atomic E-state index is 13.0. The van der Waals surface area contributed by atoms with Crippen molar-refractivity contribution in [1.29, 1.82) is 0 Å². The number of benzene rings is 2. The second-order valence-electron chi connectivity index (χ2n) is 7.85. The number of hydrogen-bond donors (Lipinski definition) is 2. The van der Waals surface area contributed by atoms with Gasteiger partial charge in [-0.05, 0) is 43.5 Å². The normalized spacial score (nSPS) is 14.2. The van der Waals surface area contributed by atoms with E-state index in [0.29, 0.717) is 12.1 Å². The topological polar surface area (TPSA) is 115 Å². The highest BCUT2D eigenvalue weighted by molar-refractivity contribution is 5.96. The van der Waals surface area contributed by atoms with Gasteiger partial charge in [0.15, 0.2) is 5.82 Å². The molecule has 0 saturated heterocycles. The molecule has 0 radical (unpaired) electrons. The molecule has 32 heavy (non-hydrogen) atoms. The molecule has 0 bridgehead atoms. The van der Waals surface area contributed by atoms with Gasteiger partial charge in [0.25, 0.3) is 11.6 Å². The third-order valence-corrected chi connectivity index (χ3v) is 5.67. The van der Waals surface area contributed by atoms with E-state index >= 15 is 0 Å². The van der Waals surface area contributed by atoms with Crippen LogP contribution in [0.3, 0.4) is 0 Å². The Kier molecular flexibility index (Phi) is 6.44. The van der Waals surface area contributed by atoms with E-state index in [9.17, 15) is 14.9 Å². The number of hydrogen-bond acceptors (Lipinski definition) is 6. The average molecular weight is 435 g/mol. The molecular weight excluding hydrogens is 408 g/mol. The standard InChI is InChI=1S/C23H26N6O3/c1-2-18(22-27-26-21-11-7-4-8-14-28(21)22)25-23(30)16-12-13-19(20(15-16)29(31)32)24-17-9-5-3-6-10-17/h3,5-6,9-10,12-13,15,18,24H,2,4,7-8,11,14H2,1H3,(H,25,30)/t18-/m1/s1. The Morgan fingerprint density at radius 3 is 2.72 bits per heavy atom. The fourth-order valence-corrected chi connectivity index (χ4v) is 3.96. The third-order valence-electron chi connectivity index (χ3n) is 5.67. The molecule has 3 aromatic rings. The number of amides is 1. The number of carbonyl (C=O) groups excluding carboxylic acids is 1. The van der Waals surface area contributed by atoms with Gasteiger partial charge in [-0.15, -0.1) is 10.2 Å². The number of aromatic nitrogens is 3. The van der Waals surface area contributed by atoms with E-state index in [-0.39, 0.29) is 23.2 Å². The maximum Gasteiger partial charge on any atom is 0.293 e. The first-order chi connectivity index (χ1) is 15.6. The van der Waals surface area contributed by atoms with Crippen molar-refractivity contribution in [3.8, 4) is 0 Å². The number of fused-ring (bicyclic) bond motifs is 1. The molecule has 2 heterocycles. The second-order valence-corrected chi connectivity index (χ2v) is 7.85. The summed E-state index contributed by atoms with van der Waals surface area (Å²) in [7, 11) is 0. The number of nitro benzene ring substituents is 1. The predicted molar refractivity (Wildman–Crippen MR) is 121 cm³/mol. The first-order valence-electron chi connectivity index (χ1n) is 10.9. The molecule has 1 aliphatic heterocycles. The number of anilines is 2. The second kappa shape index (κ2) is 9.59. The fraction of sp³-hybridized carbons (Fsp3) is 0.348. The summed E-state index contributed by atoms with van der Waals surface area (Å²) in [4.78, 5) is 24.1. The summed E-state index contributed by atoms with van der Waals surface area (Å²) in [6.07, 6.45) is 4.83. The lowest BCUT2D eigenvalue weighted by molar-refractivity contribution is -0.383. The molecule has 1 aliphatic rings. The molecule has 0 saturated carbocycles. The third kappa shape index (κ3) is 4.61. The van der Waals surface area contributed by atoms with Gasteiger partial charge in [0, 0.05) is 30.3 Å². The SMILES string of the molecule is CC[C@@H](NC(=O)c1ccc(Nc2ccccc2)c([N+](=O)[O-])c1)c1nnc2n1CCCCC2.